The van der Waals surface area contributed by atoms with E-state index in [0.29, 0.717) is 18.9 Å². The van der Waals surface area contributed by atoms with Gasteiger partial charge in [-0.3, -0.25) is 0 Å². The van der Waals surface area contributed by atoms with Crippen LogP contribution in [0.2, 0.25) is 0 Å². The first-order valence-electron chi connectivity index (χ1n) is 8.16. The van der Waals surface area contributed by atoms with Crippen molar-refractivity contribution in [3.8, 4) is 0 Å². The van der Waals surface area contributed by atoms with Crippen LogP contribution in [0.25, 0.3) is 0 Å². The summed E-state index contributed by atoms with van der Waals surface area (Å²) < 4.78 is 68.0. The molecular formula is C17H22F3NO4S. The summed E-state index contributed by atoms with van der Waals surface area (Å²) in [4.78, 5) is 11.3. The van der Waals surface area contributed by atoms with E-state index in [2.05, 4.69) is 5.32 Å². The van der Waals surface area contributed by atoms with Crippen LogP contribution in [0.4, 0.5) is 18.0 Å². The van der Waals surface area contributed by atoms with Crippen molar-refractivity contribution in [2.45, 2.75) is 56.3 Å². The van der Waals surface area contributed by atoms with Crippen LogP contribution in [0.5, 0.6) is 0 Å². The molecule has 0 spiro atoms. The van der Waals surface area contributed by atoms with Crippen molar-refractivity contribution in [3.05, 3.63) is 29.8 Å². The maximum atomic E-state index is 12.7. The Balaban J connectivity index is 1.91. The lowest BCUT2D eigenvalue weighted by Crippen LogP contribution is -2.47. The molecule has 0 aliphatic heterocycles. The van der Waals surface area contributed by atoms with E-state index in [0.717, 1.165) is 12.1 Å². The molecule has 0 aromatic heterocycles. The fraction of sp³-hybridized carbons (Fsp3) is 0.588. The van der Waals surface area contributed by atoms with E-state index >= 15 is 0 Å². The van der Waals surface area contributed by atoms with Crippen LogP contribution < -0.4 is 5.32 Å². The molecule has 5 nitrogen and oxygen atoms in total. The van der Waals surface area contributed by atoms with Crippen LogP contribution in [-0.4, -0.2) is 31.9 Å². The van der Waals surface area contributed by atoms with Crippen molar-refractivity contribution >= 4 is 15.9 Å². The lowest BCUT2D eigenvalue weighted by molar-refractivity contribution is -0.137. The molecule has 1 fully saturated rings. The number of sulfone groups is 1. The van der Waals surface area contributed by atoms with Crippen LogP contribution in [0.15, 0.2) is 29.2 Å². The lowest BCUT2D eigenvalue weighted by atomic mass is 9.82. The number of benzene rings is 1. The van der Waals surface area contributed by atoms with Gasteiger partial charge in [-0.1, -0.05) is 6.07 Å². The molecule has 1 aliphatic carbocycles. The standard InChI is InChI=1S/C17H22F3NO4S/c1-16(2,3)25-15(22)21-13-7-11(8-13)10-26(23,24)14-6-4-5-12(9-14)17(18,19)20/h4-6,9,11,13H,7-8,10H2,1-3H3,(H,21,22). The summed E-state index contributed by atoms with van der Waals surface area (Å²) >= 11 is 0. The number of hydrogen-bond donors (Lipinski definition) is 1. The van der Waals surface area contributed by atoms with E-state index in [9.17, 15) is 26.4 Å². The molecule has 26 heavy (non-hydrogen) atoms. The number of carbonyl (C=O) groups is 1. The molecule has 1 amide bonds. The largest absolute Gasteiger partial charge is 0.444 e. The van der Waals surface area contributed by atoms with E-state index in [1.807, 2.05) is 0 Å². The van der Waals surface area contributed by atoms with Crippen molar-refractivity contribution in [1.29, 1.82) is 0 Å². The fourth-order valence-corrected chi connectivity index (χ4v) is 4.41. The molecule has 1 aliphatic rings. The average Bonchev–Trinajstić information content (AvgIpc) is 2.42. The zero-order chi connectivity index (χ0) is 19.8. The maximum Gasteiger partial charge on any atom is 0.416 e. The summed E-state index contributed by atoms with van der Waals surface area (Å²) in [6, 6.07) is 3.56. The van der Waals surface area contributed by atoms with Gasteiger partial charge in [-0.15, -0.1) is 0 Å². The Bertz CT molecular complexity index is 763. The van der Waals surface area contributed by atoms with Crippen LogP contribution in [-0.2, 0) is 20.8 Å². The van der Waals surface area contributed by atoms with Crippen LogP contribution in [0, 0.1) is 5.92 Å². The summed E-state index contributed by atoms with van der Waals surface area (Å²) in [5.74, 6) is -0.463. The van der Waals surface area contributed by atoms with Crippen molar-refractivity contribution < 1.29 is 31.1 Å². The SMILES string of the molecule is CC(C)(C)OC(=O)NC1CC(CS(=O)(=O)c2cccc(C(F)(F)F)c2)C1. The van der Waals surface area contributed by atoms with Gasteiger partial charge in [0.25, 0.3) is 0 Å². The number of amides is 1. The molecule has 9 heteroatoms. The zero-order valence-corrected chi connectivity index (χ0v) is 15.6. The minimum Gasteiger partial charge on any atom is -0.444 e. The Kier molecular flexibility index (Phi) is 5.60. The van der Waals surface area contributed by atoms with Crippen molar-refractivity contribution in [2.24, 2.45) is 5.92 Å². The Morgan fingerprint density at radius 1 is 1.23 bits per heavy atom. The highest BCUT2D eigenvalue weighted by Crippen LogP contribution is 2.33. The third kappa shape index (κ3) is 5.62. The summed E-state index contributed by atoms with van der Waals surface area (Å²) in [5, 5.41) is 2.65. The van der Waals surface area contributed by atoms with Gasteiger partial charge in [-0.25, -0.2) is 13.2 Å². The summed E-state index contributed by atoms with van der Waals surface area (Å²) in [6.07, 6.45) is -4.28. The zero-order valence-electron chi connectivity index (χ0n) is 14.8. The summed E-state index contributed by atoms with van der Waals surface area (Å²) in [6.45, 7) is 5.20. The normalized spacial score (nSPS) is 21.0. The molecule has 0 bridgehead atoms. The Morgan fingerprint density at radius 2 is 1.85 bits per heavy atom. The third-order valence-corrected chi connectivity index (χ3v) is 5.81. The summed E-state index contributed by atoms with van der Waals surface area (Å²) in [7, 11) is -3.83. The Labute approximate surface area is 150 Å². The highest BCUT2D eigenvalue weighted by molar-refractivity contribution is 7.91. The van der Waals surface area contributed by atoms with E-state index < -0.39 is 33.3 Å². The van der Waals surface area contributed by atoms with Gasteiger partial charge >= 0.3 is 12.3 Å². The molecular weight excluding hydrogens is 371 g/mol. The quantitative estimate of drug-likeness (QED) is 0.845. The number of alkyl carbamates (subject to hydrolysis) is 1. The molecule has 0 atom stereocenters. The Morgan fingerprint density at radius 3 is 2.38 bits per heavy atom. The number of carbonyl (C=O) groups excluding carboxylic acids is 1. The van der Waals surface area contributed by atoms with Crippen LogP contribution in [0.3, 0.4) is 0 Å². The monoisotopic (exact) mass is 393 g/mol. The molecule has 0 radical (unpaired) electrons. The van der Waals surface area contributed by atoms with Gasteiger partial charge in [0.05, 0.1) is 16.2 Å². The second-order valence-electron chi connectivity index (χ2n) is 7.49. The van der Waals surface area contributed by atoms with Crippen LogP contribution in [0.1, 0.15) is 39.2 Å². The van der Waals surface area contributed by atoms with E-state index in [1.54, 1.807) is 20.8 Å². The molecule has 0 heterocycles. The molecule has 1 N–H and O–H groups in total. The van der Waals surface area contributed by atoms with Gasteiger partial charge in [-0.2, -0.15) is 13.2 Å². The van der Waals surface area contributed by atoms with Gasteiger partial charge in [0.1, 0.15) is 5.60 Å². The molecule has 1 saturated carbocycles. The number of ether oxygens (including phenoxy) is 1. The minimum absolute atomic E-state index is 0.188. The van der Waals surface area contributed by atoms with Gasteiger partial charge in [-0.05, 0) is 57.7 Å². The first-order valence-corrected chi connectivity index (χ1v) is 9.81. The third-order valence-electron chi connectivity index (χ3n) is 3.93. The molecule has 146 valence electrons. The van der Waals surface area contributed by atoms with E-state index in [-0.39, 0.29) is 22.6 Å². The first kappa shape index (κ1) is 20.5. The van der Waals surface area contributed by atoms with Gasteiger partial charge < -0.3 is 10.1 Å². The van der Waals surface area contributed by atoms with E-state index in [1.165, 1.54) is 6.07 Å². The number of rotatable bonds is 4. The second kappa shape index (κ2) is 7.09. The molecule has 1 aromatic rings. The van der Waals surface area contributed by atoms with Crippen molar-refractivity contribution in [3.63, 3.8) is 0 Å². The smallest absolute Gasteiger partial charge is 0.416 e. The minimum atomic E-state index is -4.59. The van der Waals surface area contributed by atoms with Crippen LogP contribution >= 0.6 is 0 Å². The predicted molar refractivity (Wildman–Crippen MR) is 89.4 cm³/mol. The fourth-order valence-electron chi connectivity index (χ4n) is 2.74. The van der Waals surface area contributed by atoms with Gasteiger partial charge in [0.15, 0.2) is 9.84 Å². The Hall–Kier alpha value is -1.77. The number of alkyl halides is 3. The number of halogens is 3. The maximum absolute atomic E-state index is 12.7. The predicted octanol–water partition coefficient (Wildman–Crippen LogP) is 3.78. The topological polar surface area (TPSA) is 72.5 Å². The van der Waals surface area contributed by atoms with E-state index in [4.69, 9.17) is 4.74 Å². The molecule has 0 unspecified atom stereocenters. The first-order chi connectivity index (χ1) is 11.8. The van der Waals surface area contributed by atoms with Gasteiger partial charge in [0.2, 0.25) is 0 Å². The lowest BCUT2D eigenvalue weighted by Gasteiger charge is -2.36. The van der Waals surface area contributed by atoms with Crippen molar-refractivity contribution in [2.75, 3.05) is 5.75 Å². The highest BCUT2D eigenvalue weighted by Gasteiger charge is 2.36. The number of hydrogen-bond acceptors (Lipinski definition) is 4. The molecule has 0 saturated heterocycles. The average molecular weight is 393 g/mol. The second-order valence-corrected chi connectivity index (χ2v) is 9.52. The van der Waals surface area contributed by atoms with Crippen molar-refractivity contribution in [1.82, 2.24) is 5.32 Å². The van der Waals surface area contributed by atoms with Gasteiger partial charge in [0, 0.05) is 6.04 Å². The highest BCUT2D eigenvalue weighted by atomic mass is 32.2. The molecule has 1 aromatic carbocycles. The number of nitrogens with one attached hydrogen (secondary N) is 1. The molecule has 2 rings (SSSR count). The summed E-state index contributed by atoms with van der Waals surface area (Å²) in [5.41, 5.74) is -1.61.